The van der Waals surface area contributed by atoms with Crippen molar-refractivity contribution in [3.63, 3.8) is 0 Å². The Labute approximate surface area is 86.9 Å². The number of unbranched alkanes of at least 4 members (excludes halogenated alkanes) is 1. The van der Waals surface area contributed by atoms with Crippen LogP contribution in [0.2, 0.25) is 0 Å². The van der Waals surface area contributed by atoms with Crippen LogP contribution in [0.25, 0.3) is 0 Å². The van der Waals surface area contributed by atoms with E-state index >= 15 is 0 Å². The van der Waals surface area contributed by atoms with Crippen molar-refractivity contribution in [3.8, 4) is 0 Å². The van der Waals surface area contributed by atoms with E-state index < -0.39 is 0 Å². The van der Waals surface area contributed by atoms with E-state index in [-0.39, 0.29) is 5.97 Å². The van der Waals surface area contributed by atoms with Crippen LogP contribution in [-0.2, 0) is 9.63 Å². The molecule has 0 aromatic carbocycles. The van der Waals surface area contributed by atoms with Gasteiger partial charge in [0.25, 0.3) is 0 Å². The molecule has 0 fully saturated rings. The van der Waals surface area contributed by atoms with Crippen LogP contribution in [0, 0.1) is 0 Å². The van der Waals surface area contributed by atoms with Crippen molar-refractivity contribution in [2.24, 2.45) is 0 Å². The fourth-order valence-electron chi connectivity index (χ4n) is 1.39. The summed E-state index contributed by atoms with van der Waals surface area (Å²) in [6.45, 7) is 12.1. The van der Waals surface area contributed by atoms with Gasteiger partial charge in [-0.2, -0.15) is 0 Å². The van der Waals surface area contributed by atoms with E-state index in [9.17, 15) is 4.79 Å². The molecule has 0 bridgehead atoms. The minimum atomic E-state index is -0.329. The summed E-state index contributed by atoms with van der Waals surface area (Å²) in [6, 6.07) is 0. The molecule has 0 saturated heterocycles. The smallest absolute Gasteiger partial charge is 0.272 e. The number of carbonyl (C=O) groups excluding carboxylic acids is 1. The largest absolute Gasteiger partial charge is 0.389 e. The maximum atomic E-state index is 11.2. The van der Waals surface area contributed by atoms with Gasteiger partial charge in [-0.3, -0.25) is 4.84 Å². The van der Waals surface area contributed by atoms with Crippen molar-refractivity contribution in [2.45, 2.75) is 33.6 Å². The third kappa shape index (κ3) is 3.92. The first kappa shape index (κ1) is 13.2. The van der Waals surface area contributed by atoms with Gasteiger partial charge in [-0.05, 0) is 20.3 Å². The van der Waals surface area contributed by atoms with Gasteiger partial charge in [0, 0.05) is 6.08 Å². The lowest BCUT2D eigenvalue weighted by Gasteiger charge is -2.32. The van der Waals surface area contributed by atoms with E-state index in [1.165, 1.54) is 6.08 Å². The molecule has 82 valence electrons. The third-order valence-electron chi connectivity index (χ3n) is 2.52. The summed E-state index contributed by atoms with van der Waals surface area (Å²) in [5.41, 5.74) is 0. The summed E-state index contributed by atoms with van der Waals surface area (Å²) in [6.07, 6.45) is 3.42. The summed E-state index contributed by atoms with van der Waals surface area (Å²) in [7, 11) is 0. The normalized spacial score (nSPS) is 11.1. The second kappa shape index (κ2) is 6.60. The molecule has 0 heterocycles. The molecule has 0 aliphatic heterocycles. The average molecular weight is 200 g/mol. The Morgan fingerprint density at radius 2 is 1.93 bits per heavy atom. The SMILES string of the molecule is C=CC(=O)O[N+](CC)(CC)CCCC. The molecule has 0 atom stereocenters. The maximum Gasteiger partial charge on any atom is 0.389 e. The minimum Gasteiger partial charge on any atom is -0.272 e. The lowest BCUT2D eigenvalue weighted by molar-refractivity contribution is -1.09. The zero-order valence-corrected chi connectivity index (χ0v) is 9.58. The molecule has 0 aromatic rings. The Hall–Kier alpha value is -0.830. The zero-order valence-electron chi connectivity index (χ0n) is 9.58. The Morgan fingerprint density at radius 1 is 1.36 bits per heavy atom. The fraction of sp³-hybridized carbons (Fsp3) is 0.727. The van der Waals surface area contributed by atoms with Crippen molar-refractivity contribution in [2.75, 3.05) is 19.6 Å². The standard InChI is InChI=1S/C11H22NO2/c1-5-9-10-12(7-3,8-4)14-11(13)6-2/h6H,2,5,7-10H2,1,3-4H3/q+1. The Kier molecular flexibility index (Phi) is 6.21. The minimum absolute atomic E-state index is 0.329. The molecule has 0 aliphatic rings. The van der Waals surface area contributed by atoms with Crippen LogP contribution >= 0.6 is 0 Å². The van der Waals surface area contributed by atoms with Gasteiger partial charge in [0.1, 0.15) is 19.6 Å². The van der Waals surface area contributed by atoms with Crippen LogP contribution in [0.3, 0.4) is 0 Å². The Bertz CT molecular complexity index is 186. The van der Waals surface area contributed by atoms with Gasteiger partial charge >= 0.3 is 5.97 Å². The second-order valence-electron chi connectivity index (χ2n) is 3.38. The van der Waals surface area contributed by atoms with E-state index in [1.54, 1.807) is 0 Å². The van der Waals surface area contributed by atoms with Crippen molar-refractivity contribution in [1.82, 2.24) is 0 Å². The summed E-state index contributed by atoms with van der Waals surface area (Å²) < 4.78 is 0.415. The summed E-state index contributed by atoms with van der Waals surface area (Å²) >= 11 is 0. The molecule has 0 amide bonds. The van der Waals surface area contributed by atoms with Crippen molar-refractivity contribution >= 4 is 5.97 Å². The van der Waals surface area contributed by atoms with E-state index in [0.29, 0.717) is 4.65 Å². The molecule has 0 rings (SSSR count). The van der Waals surface area contributed by atoms with Crippen LogP contribution in [0.4, 0.5) is 0 Å². The number of hydroxylamine groups is 3. The Morgan fingerprint density at radius 3 is 2.29 bits per heavy atom. The average Bonchev–Trinajstić information content (AvgIpc) is 2.24. The lowest BCUT2D eigenvalue weighted by atomic mass is 10.3. The van der Waals surface area contributed by atoms with Gasteiger partial charge in [0.15, 0.2) is 0 Å². The highest BCUT2D eigenvalue weighted by Gasteiger charge is 2.27. The van der Waals surface area contributed by atoms with Gasteiger partial charge in [0.05, 0.1) is 0 Å². The second-order valence-corrected chi connectivity index (χ2v) is 3.38. The molecular weight excluding hydrogens is 178 g/mol. The molecule has 0 aliphatic carbocycles. The summed E-state index contributed by atoms with van der Waals surface area (Å²) in [5, 5.41) is 0. The van der Waals surface area contributed by atoms with Gasteiger partial charge in [0.2, 0.25) is 0 Å². The van der Waals surface area contributed by atoms with E-state index in [2.05, 4.69) is 13.5 Å². The molecule has 3 heteroatoms. The first-order valence-corrected chi connectivity index (χ1v) is 5.36. The summed E-state index contributed by atoms with van der Waals surface area (Å²) in [4.78, 5) is 16.5. The molecule has 3 nitrogen and oxygen atoms in total. The number of carbonyl (C=O) groups is 1. The third-order valence-corrected chi connectivity index (χ3v) is 2.52. The van der Waals surface area contributed by atoms with Gasteiger partial charge in [-0.25, -0.2) is 4.79 Å². The molecule has 0 spiro atoms. The van der Waals surface area contributed by atoms with E-state index in [4.69, 9.17) is 4.84 Å². The number of hydrogen-bond acceptors (Lipinski definition) is 2. The molecule has 0 radical (unpaired) electrons. The quantitative estimate of drug-likeness (QED) is 0.358. The fourth-order valence-corrected chi connectivity index (χ4v) is 1.39. The monoisotopic (exact) mass is 200 g/mol. The maximum absolute atomic E-state index is 11.2. The van der Waals surface area contributed by atoms with Crippen LogP contribution < -0.4 is 0 Å². The van der Waals surface area contributed by atoms with Gasteiger partial charge in [-0.1, -0.05) is 19.9 Å². The molecule has 0 aromatic heterocycles. The molecular formula is C11H22NO2+. The lowest BCUT2D eigenvalue weighted by Crippen LogP contribution is -2.49. The van der Waals surface area contributed by atoms with E-state index in [1.807, 2.05) is 13.8 Å². The first-order valence-electron chi connectivity index (χ1n) is 5.36. The summed E-state index contributed by atoms with van der Waals surface area (Å²) in [5.74, 6) is -0.329. The van der Waals surface area contributed by atoms with Crippen molar-refractivity contribution < 1.29 is 14.3 Å². The number of rotatable bonds is 7. The number of hydrogen-bond donors (Lipinski definition) is 0. The van der Waals surface area contributed by atoms with E-state index in [0.717, 1.165) is 32.5 Å². The van der Waals surface area contributed by atoms with Gasteiger partial charge in [-0.15, -0.1) is 4.65 Å². The molecule has 0 unspecified atom stereocenters. The van der Waals surface area contributed by atoms with Crippen LogP contribution in [-0.4, -0.2) is 30.2 Å². The number of quaternary nitrogens is 1. The molecule has 14 heavy (non-hydrogen) atoms. The predicted octanol–water partition coefficient (Wildman–Crippen LogP) is 2.29. The highest BCUT2D eigenvalue weighted by molar-refractivity contribution is 5.80. The highest BCUT2D eigenvalue weighted by atomic mass is 16.7. The van der Waals surface area contributed by atoms with Crippen LogP contribution in [0.15, 0.2) is 12.7 Å². The predicted molar refractivity (Wildman–Crippen MR) is 57.4 cm³/mol. The van der Waals surface area contributed by atoms with Crippen molar-refractivity contribution in [1.29, 1.82) is 0 Å². The topological polar surface area (TPSA) is 26.3 Å². The van der Waals surface area contributed by atoms with Crippen LogP contribution in [0.5, 0.6) is 0 Å². The zero-order chi connectivity index (χ0) is 11.0. The van der Waals surface area contributed by atoms with Crippen molar-refractivity contribution in [3.05, 3.63) is 12.7 Å². The van der Waals surface area contributed by atoms with Gasteiger partial charge < -0.3 is 0 Å². The highest BCUT2D eigenvalue weighted by Crippen LogP contribution is 2.10. The first-order chi connectivity index (χ1) is 6.64. The molecule has 0 N–H and O–H groups in total. The Balaban J connectivity index is 4.35. The molecule has 0 saturated carbocycles. The number of nitrogens with zero attached hydrogens (tertiary/aromatic N) is 1. The van der Waals surface area contributed by atoms with Crippen LogP contribution in [0.1, 0.15) is 33.6 Å².